The third-order valence-corrected chi connectivity index (χ3v) is 7.53. The van der Waals surface area contributed by atoms with Gasteiger partial charge < -0.3 is 17.7 Å². The molecule has 0 saturated heterocycles. The second-order valence-corrected chi connectivity index (χ2v) is 9.53. The molecule has 9 rings (SSSR count). The zero-order valence-electron chi connectivity index (χ0n) is 19.5. The average Bonchev–Trinajstić information content (AvgIpc) is 2.94. The van der Waals surface area contributed by atoms with E-state index >= 15 is 0 Å². The van der Waals surface area contributed by atoms with Crippen LogP contribution in [0.25, 0.3) is 87.4 Å². The Morgan fingerprint density at radius 2 is 0.789 bits per heavy atom. The molecule has 5 aromatic carbocycles. The van der Waals surface area contributed by atoms with Crippen LogP contribution in [-0.4, -0.2) is 0 Å². The van der Waals surface area contributed by atoms with Gasteiger partial charge in [0.2, 0.25) is 0 Å². The average molecular weight is 494 g/mol. The van der Waals surface area contributed by atoms with Crippen LogP contribution in [-0.2, 0) is 0 Å². The molecule has 0 atom stereocenters. The lowest BCUT2D eigenvalue weighted by molar-refractivity contribution is 0.563. The van der Waals surface area contributed by atoms with E-state index in [9.17, 15) is 9.59 Å². The summed E-state index contributed by atoms with van der Waals surface area (Å²) in [6, 6.07) is 25.8. The maximum absolute atomic E-state index is 12.3. The minimum absolute atomic E-state index is 0.428. The molecule has 0 N–H and O–H groups in total. The van der Waals surface area contributed by atoms with E-state index in [4.69, 9.17) is 17.7 Å². The molecular weight excluding hydrogens is 480 g/mol. The summed E-state index contributed by atoms with van der Waals surface area (Å²) in [6.07, 6.45) is 0. The van der Waals surface area contributed by atoms with Gasteiger partial charge >= 0.3 is 11.3 Å². The lowest BCUT2D eigenvalue weighted by Gasteiger charge is -2.17. The molecule has 178 valence electrons. The van der Waals surface area contributed by atoms with E-state index in [1.54, 1.807) is 12.1 Å². The van der Waals surface area contributed by atoms with Crippen molar-refractivity contribution in [3.63, 3.8) is 0 Å². The quantitative estimate of drug-likeness (QED) is 0.121. The Kier molecular flexibility index (Phi) is 3.48. The Bertz CT molecular complexity index is 2430. The van der Waals surface area contributed by atoms with Crippen LogP contribution < -0.4 is 11.3 Å². The molecule has 0 aliphatic carbocycles. The highest BCUT2D eigenvalue weighted by Gasteiger charge is 2.23. The van der Waals surface area contributed by atoms with Gasteiger partial charge in [-0.3, -0.25) is 0 Å². The van der Waals surface area contributed by atoms with Gasteiger partial charge in [0.1, 0.15) is 33.5 Å². The van der Waals surface area contributed by atoms with E-state index in [2.05, 4.69) is 0 Å². The van der Waals surface area contributed by atoms with Crippen molar-refractivity contribution in [1.82, 2.24) is 0 Å². The SMILES string of the molecule is O=c1ccc2ccc3oc4cccc5c4c(c4cccc6oc7ccc8ccc(=O)oc8c7c5c64)c3c2o1. The second kappa shape index (κ2) is 6.69. The number of benzene rings is 5. The van der Waals surface area contributed by atoms with Crippen LogP contribution in [0.2, 0.25) is 0 Å². The maximum Gasteiger partial charge on any atom is 0.336 e. The van der Waals surface area contributed by atoms with E-state index in [1.807, 2.05) is 60.7 Å². The molecule has 0 aliphatic heterocycles. The Morgan fingerprint density at radius 1 is 0.368 bits per heavy atom. The van der Waals surface area contributed by atoms with Gasteiger partial charge in [-0.2, -0.15) is 0 Å². The van der Waals surface area contributed by atoms with Gasteiger partial charge in [-0.05, 0) is 59.3 Å². The minimum Gasteiger partial charge on any atom is -0.456 e. The van der Waals surface area contributed by atoms with Crippen LogP contribution in [0.1, 0.15) is 0 Å². The van der Waals surface area contributed by atoms with Crippen molar-refractivity contribution >= 4 is 87.4 Å². The molecule has 6 nitrogen and oxygen atoms in total. The van der Waals surface area contributed by atoms with Crippen LogP contribution in [0.5, 0.6) is 0 Å². The molecule has 0 spiro atoms. The van der Waals surface area contributed by atoms with Crippen LogP contribution in [0, 0.1) is 0 Å². The van der Waals surface area contributed by atoms with Crippen LogP contribution in [0.4, 0.5) is 0 Å². The van der Waals surface area contributed by atoms with Gasteiger partial charge in [-0.15, -0.1) is 0 Å². The van der Waals surface area contributed by atoms with Gasteiger partial charge in [0, 0.05) is 44.5 Å². The van der Waals surface area contributed by atoms with Gasteiger partial charge in [-0.1, -0.05) is 24.3 Å². The van der Waals surface area contributed by atoms with Gasteiger partial charge in [0.25, 0.3) is 0 Å². The third-order valence-electron chi connectivity index (χ3n) is 7.53. The Morgan fingerprint density at radius 3 is 1.26 bits per heavy atom. The molecule has 0 bridgehead atoms. The summed E-state index contributed by atoms with van der Waals surface area (Å²) >= 11 is 0. The van der Waals surface area contributed by atoms with Gasteiger partial charge in [0.15, 0.2) is 0 Å². The molecule has 38 heavy (non-hydrogen) atoms. The zero-order valence-corrected chi connectivity index (χ0v) is 19.5. The summed E-state index contributed by atoms with van der Waals surface area (Å²) in [7, 11) is 0. The molecule has 4 aromatic heterocycles. The molecule has 0 radical (unpaired) electrons. The lowest BCUT2D eigenvalue weighted by atomic mass is 9.89. The standard InChI is InChI=1S/C32H14O6/c33-23-13-9-15-8-12-22-29(31(15)37-23)27-17-3-1-5-19-25(17)28(18-4-2-6-20(36-22)26(18)27)30-21(35-19)11-7-16-10-14-24(34)38-32(16)30/h1-14H. The van der Waals surface area contributed by atoms with Crippen molar-refractivity contribution in [2.45, 2.75) is 0 Å². The first-order valence-corrected chi connectivity index (χ1v) is 12.2. The van der Waals surface area contributed by atoms with E-state index in [-0.39, 0.29) is 0 Å². The first-order chi connectivity index (χ1) is 18.7. The van der Waals surface area contributed by atoms with Crippen molar-refractivity contribution in [2.24, 2.45) is 0 Å². The third kappa shape index (κ3) is 2.37. The fraction of sp³-hybridized carbons (Fsp3) is 0. The summed E-state index contributed by atoms with van der Waals surface area (Å²) in [5.41, 5.74) is 2.70. The van der Waals surface area contributed by atoms with E-state index in [1.165, 1.54) is 12.1 Å². The fourth-order valence-electron chi connectivity index (χ4n) is 6.06. The second-order valence-electron chi connectivity index (χ2n) is 9.53. The Hall–Kier alpha value is -5.36. The highest BCUT2D eigenvalue weighted by Crippen LogP contribution is 2.48. The highest BCUT2D eigenvalue weighted by molar-refractivity contribution is 6.42. The molecule has 0 fully saturated rings. The molecule has 9 aromatic rings. The predicted molar refractivity (Wildman–Crippen MR) is 148 cm³/mol. The Labute approximate surface area is 210 Å². The number of rotatable bonds is 0. The summed E-state index contributed by atoms with van der Waals surface area (Å²) < 4.78 is 24.4. The van der Waals surface area contributed by atoms with Crippen LogP contribution >= 0.6 is 0 Å². The molecule has 0 unspecified atom stereocenters. The van der Waals surface area contributed by atoms with Crippen molar-refractivity contribution in [3.8, 4) is 0 Å². The minimum atomic E-state index is -0.428. The number of hydrogen-bond donors (Lipinski definition) is 0. The zero-order chi connectivity index (χ0) is 25.1. The molecule has 4 heterocycles. The predicted octanol–water partition coefficient (Wildman–Crippen LogP) is 8.00. The van der Waals surface area contributed by atoms with Crippen molar-refractivity contribution in [2.75, 3.05) is 0 Å². The van der Waals surface area contributed by atoms with Crippen molar-refractivity contribution in [1.29, 1.82) is 0 Å². The Balaban J connectivity index is 1.71. The monoisotopic (exact) mass is 494 g/mol. The molecule has 0 amide bonds. The molecule has 0 aliphatic rings. The first kappa shape index (κ1) is 19.8. The maximum atomic E-state index is 12.3. The fourth-order valence-corrected chi connectivity index (χ4v) is 6.06. The van der Waals surface area contributed by atoms with Crippen LogP contribution in [0.15, 0.2) is 112 Å². The summed E-state index contributed by atoms with van der Waals surface area (Å²) in [5, 5.41) is 8.49. The smallest absolute Gasteiger partial charge is 0.336 e. The lowest BCUT2D eigenvalue weighted by Crippen LogP contribution is -1.97. The normalized spacial score (nSPS) is 12.4. The molecule has 6 heteroatoms. The van der Waals surface area contributed by atoms with Crippen molar-refractivity contribution in [3.05, 3.63) is 106 Å². The van der Waals surface area contributed by atoms with E-state index in [0.717, 1.165) is 53.9 Å². The van der Waals surface area contributed by atoms with Crippen molar-refractivity contribution < 1.29 is 17.7 Å². The number of fused-ring (bicyclic) bond motifs is 10. The molecular formula is C32H14O6. The largest absolute Gasteiger partial charge is 0.456 e. The summed E-state index contributed by atoms with van der Waals surface area (Å²) in [5.74, 6) is 0. The van der Waals surface area contributed by atoms with Crippen LogP contribution in [0.3, 0.4) is 0 Å². The summed E-state index contributed by atoms with van der Waals surface area (Å²) in [6.45, 7) is 0. The summed E-state index contributed by atoms with van der Waals surface area (Å²) in [4.78, 5) is 24.6. The topological polar surface area (TPSA) is 86.7 Å². The van der Waals surface area contributed by atoms with Gasteiger partial charge in [0.05, 0.1) is 10.8 Å². The highest BCUT2D eigenvalue weighted by atomic mass is 16.4. The van der Waals surface area contributed by atoms with E-state index in [0.29, 0.717) is 33.5 Å². The molecule has 0 saturated carbocycles. The van der Waals surface area contributed by atoms with E-state index < -0.39 is 11.3 Å². The van der Waals surface area contributed by atoms with Gasteiger partial charge in [-0.25, -0.2) is 9.59 Å². The first-order valence-electron chi connectivity index (χ1n) is 12.2. The number of hydrogen-bond acceptors (Lipinski definition) is 6.